The van der Waals surface area contributed by atoms with Gasteiger partial charge in [-0.3, -0.25) is 9.48 Å². The van der Waals surface area contributed by atoms with Crippen LogP contribution >= 0.6 is 0 Å². The van der Waals surface area contributed by atoms with Gasteiger partial charge in [-0.05, 0) is 25.0 Å². The third-order valence-electron chi connectivity index (χ3n) is 6.53. The van der Waals surface area contributed by atoms with Crippen LogP contribution in [0.2, 0.25) is 0 Å². The molecule has 0 bridgehead atoms. The van der Waals surface area contributed by atoms with Crippen LogP contribution in [-0.2, 0) is 4.74 Å². The molecule has 6 rings (SSSR count). The van der Waals surface area contributed by atoms with E-state index in [1.165, 1.54) is 32.1 Å². The molecule has 170 valence electrons. The fourth-order valence-corrected chi connectivity index (χ4v) is 4.72. The zero-order valence-corrected chi connectivity index (χ0v) is 18.4. The molecule has 1 aliphatic carbocycles. The van der Waals surface area contributed by atoms with Crippen LogP contribution in [0.5, 0.6) is 0 Å². The Kier molecular flexibility index (Phi) is 5.14. The van der Waals surface area contributed by atoms with Gasteiger partial charge in [-0.2, -0.15) is 10.2 Å². The number of rotatable bonds is 4. The van der Waals surface area contributed by atoms with Crippen LogP contribution in [0.1, 0.15) is 48.5 Å². The number of ether oxygens (including phenoxy) is 1. The number of nitrogens with zero attached hydrogens (tertiary/aromatic N) is 7. The maximum absolute atomic E-state index is 13.1. The average molecular weight is 447 g/mol. The Bertz CT molecular complexity index is 1300. The van der Waals surface area contributed by atoms with Gasteiger partial charge in [0, 0.05) is 30.9 Å². The molecule has 33 heavy (non-hydrogen) atoms. The highest BCUT2D eigenvalue weighted by atomic mass is 16.5. The van der Waals surface area contributed by atoms with Gasteiger partial charge >= 0.3 is 0 Å². The number of fused-ring (bicyclic) bond motifs is 2. The van der Waals surface area contributed by atoms with Gasteiger partial charge in [0.2, 0.25) is 0 Å². The van der Waals surface area contributed by atoms with Crippen LogP contribution < -0.4 is 10.2 Å². The number of anilines is 2. The van der Waals surface area contributed by atoms with E-state index in [-0.39, 0.29) is 5.91 Å². The Morgan fingerprint density at radius 2 is 1.97 bits per heavy atom. The molecule has 1 N–H and O–H groups in total. The quantitative estimate of drug-likeness (QED) is 0.514. The van der Waals surface area contributed by atoms with Crippen LogP contribution in [0.4, 0.5) is 11.6 Å². The highest BCUT2D eigenvalue weighted by Crippen LogP contribution is 2.29. The number of pyridine rings is 1. The number of carbonyl (C=O) groups is 1. The Hall–Kier alpha value is -3.53. The predicted octanol–water partition coefficient (Wildman–Crippen LogP) is 3.07. The molecule has 5 heterocycles. The monoisotopic (exact) mass is 446 g/mol. The van der Waals surface area contributed by atoms with Gasteiger partial charge in [-0.1, -0.05) is 19.3 Å². The van der Waals surface area contributed by atoms with Crippen LogP contribution in [-0.4, -0.2) is 61.6 Å². The van der Waals surface area contributed by atoms with Crippen molar-refractivity contribution in [1.82, 2.24) is 29.4 Å². The lowest BCUT2D eigenvalue weighted by atomic mass is 9.96. The molecule has 2 aliphatic rings. The van der Waals surface area contributed by atoms with E-state index < -0.39 is 0 Å². The molecule has 1 amide bonds. The third kappa shape index (κ3) is 3.91. The first kappa shape index (κ1) is 20.1. The van der Waals surface area contributed by atoms with Crippen LogP contribution in [0.3, 0.4) is 0 Å². The lowest BCUT2D eigenvalue weighted by Gasteiger charge is -2.27. The molecular formula is C23H26N8O2. The molecule has 0 aromatic carbocycles. The Morgan fingerprint density at radius 3 is 2.82 bits per heavy atom. The molecule has 4 aromatic heterocycles. The molecular weight excluding hydrogens is 420 g/mol. The Morgan fingerprint density at radius 1 is 1.12 bits per heavy atom. The lowest BCUT2D eigenvalue weighted by molar-refractivity contribution is 0.102. The van der Waals surface area contributed by atoms with E-state index in [4.69, 9.17) is 14.8 Å². The van der Waals surface area contributed by atoms with Gasteiger partial charge in [0.25, 0.3) is 5.91 Å². The first-order valence-electron chi connectivity index (χ1n) is 11.6. The summed E-state index contributed by atoms with van der Waals surface area (Å²) in [6, 6.07) is 4.24. The van der Waals surface area contributed by atoms with Crippen molar-refractivity contribution in [2.75, 3.05) is 36.5 Å². The zero-order chi connectivity index (χ0) is 22.2. The second-order valence-electron chi connectivity index (χ2n) is 8.70. The highest BCUT2D eigenvalue weighted by molar-refractivity contribution is 6.08. The maximum atomic E-state index is 13.1. The fourth-order valence-electron chi connectivity index (χ4n) is 4.72. The smallest absolute Gasteiger partial charge is 0.262 e. The minimum Gasteiger partial charge on any atom is -0.378 e. The summed E-state index contributed by atoms with van der Waals surface area (Å²) in [5.74, 6) is 1.01. The fraction of sp³-hybridized carbons (Fsp3) is 0.435. The summed E-state index contributed by atoms with van der Waals surface area (Å²) in [6.07, 6.45) is 13.3. The molecule has 2 fully saturated rings. The standard InChI is InChI=1S/C23H26N8O2/c32-23(18-13-25-30-7-6-21(27-22(18)30)29-8-10-33-11-9-29)26-20-12-16-15-31(28-19(16)14-24-20)17-4-2-1-3-5-17/h6-7,12-15,17H,1-5,8-11H2,(H,26,32). The van der Waals surface area contributed by atoms with Gasteiger partial charge in [-0.15, -0.1) is 0 Å². The Balaban J connectivity index is 1.24. The molecule has 0 radical (unpaired) electrons. The number of nitrogens with one attached hydrogen (secondary N) is 1. The number of hydrogen-bond acceptors (Lipinski definition) is 7. The zero-order valence-electron chi connectivity index (χ0n) is 18.4. The largest absolute Gasteiger partial charge is 0.378 e. The minimum absolute atomic E-state index is 0.289. The molecule has 0 atom stereocenters. The first-order valence-corrected chi connectivity index (χ1v) is 11.6. The molecule has 1 aliphatic heterocycles. The molecule has 4 aromatic rings. The topological polar surface area (TPSA) is 102 Å². The van der Waals surface area contributed by atoms with E-state index in [2.05, 4.69) is 31.2 Å². The highest BCUT2D eigenvalue weighted by Gasteiger charge is 2.20. The van der Waals surface area contributed by atoms with E-state index in [1.54, 1.807) is 16.9 Å². The summed E-state index contributed by atoms with van der Waals surface area (Å²) in [7, 11) is 0. The number of morpholine rings is 1. The summed E-state index contributed by atoms with van der Waals surface area (Å²) in [4.78, 5) is 24.3. The van der Waals surface area contributed by atoms with Crippen molar-refractivity contribution in [1.29, 1.82) is 0 Å². The second kappa shape index (κ2) is 8.43. The minimum atomic E-state index is -0.289. The van der Waals surface area contributed by atoms with Crippen molar-refractivity contribution in [3.63, 3.8) is 0 Å². The third-order valence-corrected chi connectivity index (χ3v) is 6.53. The Labute approximate surface area is 190 Å². The maximum Gasteiger partial charge on any atom is 0.262 e. The SMILES string of the molecule is O=C(Nc1cc2cn(C3CCCCC3)nc2cn1)c1cnn2ccc(N3CCOCC3)nc12. The lowest BCUT2D eigenvalue weighted by Crippen LogP contribution is -2.36. The summed E-state index contributed by atoms with van der Waals surface area (Å²) in [5, 5.41) is 12.9. The number of amides is 1. The van der Waals surface area contributed by atoms with Gasteiger partial charge in [0.15, 0.2) is 5.65 Å². The summed E-state index contributed by atoms with van der Waals surface area (Å²) < 4.78 is 9.11. The van der Waals surface area contributed by atoms with Crippen molar-refractivity contribution in [3.05, 3.63) is 42.5 Å². The van der Waals surface area contributed by atoms with Gasteiger partial charge < -0.3 is 15.0 Å². The molecule has 0 unspecified atom stereocenters. The number of aromatic nitrogens is 6. The van der Waals surface area contributed by atoms with Crippen LogP contribution in [0.25, 0.3) is 16.6 Å². The van der Waals surface area contributed by atoms with E-state index in [1.807, 2.05) is 18.3 Å². The van der Waals surface area contributed by atoms with E-state index in [0.29, 0.717) is 36.3 Å². The second-order valence-corrected chi connectivity index (χ2v) is 8.70. The van der Waals surface area contributed by atoms with Crippen molar-refractivity contribution >= 4 is 34.1 Å². The van der Waals surface area contributed by atoms with Crippen molar-refractivity contribution in [2.24, 2.45) is 0 Å². The van der Waals surface area contributed by atoms with E-state index >= 15 is 0 Å². The van der Waals surface area contributed by atoms with Crippen molar-refractivity contribution < 1.29 is 9.53 Å². The van der Waals surface area contributed by atoms with Gasteiger partial charge in [0.05, 0.1) is 31.6 Å². The number of carbonyl (C=O) groups excluding carboxylic acids is 1. The normalized spacial score (nSPS) is 17.6. The summed E-state index contributed by atoms with van der Waals surface area (Å²) in [5.41, 5.74) is 1.76. The van der Waals surface area contributed by atoms with Gasteiger partial charge in [-0.25, -0.2) is 14.5 Å². The average Bonchev–Trinajstić information content (AvgIpc) is 3.49. The van der Waals surface area contributed by atoms with E-state index in [9.17, 15) is 4.79 Å². The van der Waals surface area contributed by atoms with Crippen LogP contribution in [0.15, 0.2) is 36.9 Å². The summed E-state index contributed by atoms with van der Waals surface area (Å²) >= 11 is 0. The molecule has 10 heteroatoms. The first-order chi connectivity index (χ1) is 16.2. The van der Waals surface area contributed by atoms with E-state index in [0.717, 1.165) is 29.8 Å². The predicted molar refractivity (Wildman–Crippen MR) is 124 cm³/mol. The summed E-state index contributed by atoms with van der Waals surface area (Å²) in [6.45, 7) is 2.89. The molecule has 10 nitrogen and oxygen atoms in total. The van der Waals surface area contributed by atoms with Gasteiger partial charge in [0.1, 0.15) is 22.7 Å². The molecule has 1 saturated carbocycles. The van der Waals surface area contributed by atoms with Crippen LogP contribution in [0, 0.1) is 0 Å². The van der Waals surface area contributed by atoms with Crippen molar-refractivity contribution in [3.8, 4) is 0 Å². The van der Waals surface area contributed by atoms with Crippen molar-refractivity contribution in [2.45, 2.75) is 38.1 Å². The number of hydrogen-bond donors (Lipinski definition) is 1. The molecule has 1 saturated heterocycles. The molecule has 0 spiro atoms.